The van der Waals surface area contributed by atoms with Crippen LogP contribution in [0, 0.1) is 5.92 Å². The molecule has 3 nitrogen and oxygen atoms in total. The van der Waals surface area contributed by atoms with Crippen molar-refractivity contribution in [3.8, 4) is 0 Å². The van der Waals surface area contributed by atoms with Crippen LogP contribution in [0.2, 0.25) is 14.8 Å². The Morgan fingerprint density at radius 3 is 2.58 bits per heavy atom. The molecule has 2 atom stereocenters. The van der Waals surface area contributed by atoms with Gasteiger partial charge in [-0.1, -0.05) is 0 Å². The molecule has 4 heteroatoms. The second-order valence-corrected chi connectivity index (χ2v) is 21.7. The molecule has 0 aliphatic carbocycles. The molecule has 0 amide bonds. The minimum atomic E-state index is -2.28. The van der Waals surface area contributed by atoms with Crippen molar-refractivity contribution in [3.05, 3.63) is 28.2 Å². The van der Waals surface area contributed by atoms with Gasteiger partial charge in [0.05, 0.1) is 0 Å². The Kier molecular flexibility index (Phi) is 3.33. The van der Waals surface area contributed by atoms with E-state index in [0.717, 1.165) is 23.2 Å². The van der Waals surface area contributed by atoms with E-state index >= 15 is 0 Å². The molecule has 1 saturated heterocycles. The summed E-state index contributed by atoms with van der Waals surface area (Å²) in [5.41, 5.74) is 1.62. The van der Waals surface area contributed by atoms with Crippen molar-refractivity contribution in [2.24, 2.45) is 5.92 Å². The van der Waals surface area contributed by atoms with E-state index in [1.54, 1.807) is 0 Å². The first-order chi connectivity index (χ1) is 8.86. The number of likely N-dealkylation sites (tertiary alicyclic amines) is 1. The van der Waals surface area contributed by atoms with Gasteiger partial charge >= 0.3 is 119 Å². The van der Waals surface area contributed by atoms with E-state index in [1.807, 2.05) is 0 Å². The number of nitrogens with zero attached hydrogens (tertiary/aromatic N) is 2. The van der Waals surface area contributed by atoms with Crippen LogP contribution in [-0.2, 0) is 6.54 Å². The molecule has 2 bridgehead atoms. The summed E-state index contributed by atoms with van der Waals surface area (Å²) in [5.74, 6) is 1.23. The summed E-state index contributed by atoms with van der Waals surface area (Å²) in [6.45, 7) is 3.18. The van der Waals surface area contributed by atoms with Gasteiger partial charge in [-0.05, 0) is 0 Å². The van der Waals surface area contributed by atoms with Gasteiger partial charge in [0, 0.05) is 0 Å². The number of piperidine rings is 1. The molecule has 1 aromatic heterocycles. The molecule has 104 valence electrons. The van der Waals surface area contributed by atoms with Crippen LogP contribution in [0.4, 0.5) is 0 Å². The molecule has 0 aromatic carbocycles. The van der Waals surface area contributed by atoms with E-state index in [-0.39, 0.29) is 0 Å². The zero-order valence-electron chi connectivity index (χ0n) is 12.4. The van der Waals surface area contributed by atoms with Crippen molar-refractivity contribution in [1.82, 2.24) is 9.47 Å². The molecule has 2 unspecified atom stereocenters. The van der Waals surface area contributed by atoms with Crippen molar-refractivity contribution >= 4 is 22.0 Å². The summed E-state index contributed by atoms with van der Waals surface area (Å²) in [5, 5.41) is 0. The number of pyridine rings is 1. The van der Waals surface area contributed by atoms with E-state index < -0.39 is 18.4 Å². The fourth-order valence-electron chi connectivity index (χ4n) is 3.76. The first-order valence-corrected chi connectivity index (χ1v) is 17.3. The Morgan fingerprint density at radius 2 is 1.89 bits per heavy atom. The molecule has 2 aliphatic heterocycles. The maximum atomic E-state index is 12.8. The van der Waals surface area contributed by atoms with Gasteiger partial charge in [-0.2, -0.15) is 0 Å². The van der Waals surface area contributed by atoms with Gasteiger partial charge in [-0.3, -0.25) is 0 Å². The second kappa shape index (κ2) is 4.62. The second-order valence-electron chi connectivity index (χ2n) is 7.36. The summed E-state index contributed by atoms with van der Waals surface area (Å²) in [7, 11) is 2.20. The molecule has 1 aromatic rings. The summed E-state index contributed by atoms with van der Waals surface area (Å²) >= 11 is -2.28. The van der Waals surface area contributed by atoms with E-state index in [2.05, 4.69) is 43.5 Å². The number of likely N-dealkylation sites (N-methyl/N-ethyl adjacent to an activating group) is 1. The van der Waals surface area contributed by atoms with Gasteiger partial charge in [0.15, 0.2) is 0 Å². The minimum absolute atomic E-state index is 0.333. The average Bonchev–Trinajstić information content (AvgIpc) is 2.28. The van der Waals surface area contributed by atoms with Crippen molar-refractivity contribution < 1.29 is 0 Å². The third-order valence-corrected chi connectivity index (χ3v) is 10.3. The average molecular weight is 367 g/mol. The molecule has 0 radical (unpaired) electrons. The molecule has 3 heterocycles. The molecule has 0 spiro atoms. The summed E-state index contributed by atoms with van der Waals surface area (Å²) in [4.78, 5) is 22.2. The Bertz CT molecular complexity index is 558. The summed E-state index contributed by atoms with van der Waals surface area (Å²) < 4.78 is 3.27. The van der Waals surface area contributed by atoms with Crippen LogP contribution in [0.3, 0.4) is 0 Å². The summed E-state index contributed by atoms with van der Waals surface area (Å²) in [6.07, 6.45) is 1.27. The number of hydrogen-bond donors (Lipinski definition) is 0. The number of aromatic nitrogens is 1. The van der Waals surface area contributed by atoms with Crippen LogP contribution in [0.1, 0.15) is 18.0 Å². The van der Waals surface area contributed by atoms with Crippen LogP contribution in [0.15, 0.2) is 16.9 Å². The SMILES string of the molecule is CN1CC2CC(C1)c1cc[c]([Sn]([CH3])([CH3])[CH3])c(=O)n1C2. The standard InChI is InChI=1S/C12H15N2O.3CH3.Sn/c1-13-6-9-5-10(8-13)11-3-2-4-12(15)14(11)7-9;;;;/h2-3,9-10H,5-8H2,1H3;3*1H3;. The normalized spacial score (nSPS) is 27.2. The van der Waals surface area contributed by atoms with Gasteiger partial charge in [-0.15, -0.1) is 0 Å². The third kappa shape index (κ3) is 2.40. The fourth-order valence-corrected chi connectivity index (χ4v) is 7.64. The van der Waals surface area contributed by atoms with Crippen molar-refractivity contribution in [1.29, 1.82) is 0 Å². The van der Waals surface area contributed by atoms with Crippen molar-refractivity contribution in [3.63, 3.8) is 0 Å². The van der Waals surface area contributed by atoms with Crippen molar-refractivity contribution in [2.45, 2.75) is 33.7 Å². The Morgan fingerprint density at radius 1 is 1.16 bits per heavy atom. The predicted octanol–water partition coefficient (Wildman–Crippen LogP) is 1.44. The zero-order valence-corrected chi connectivity index (χ0v) is 15.3. The molecule has 1 fully saturated rings. The molecular formula is C15H24N2OSn. The predicted molar refractivity (Wildman–Crippen MR) is 82.0 cm³/mol. The van der Waals surface area contributed by atoms with E-state index in [9.17, 15) is 4.79 Å². The van der Waals surface area contributed by atoms with Gasteiger partial charge in [0.2, 0.25) is 0 Å². The van der Waals surface area contributed by atoms with Crippen molar-refractivity contribution in [2.75, 3.05) is 20.1 Å². The Hall–Kier alpha value is -0.291. The molecule has 0 saturated carbocycles. The van der Waals surface area contributed by atoms with Crippen LogP contribution in [0.5, 0.6) is 0 Å². The topological polar surface area (TPSA) is 25.2 Å². The third-order valence-electron chi connectivity index (χ3n) is 4.59. The van der Waals surface area contributed by atoms with E-state index in [1.165, 1.54) is 12.1 Å². The maximum absolute atomic E-state index is 12.8. The summed E-state index contributed by atoms with van der Waals surface area (Å²) in [6, 6.07) is 4.40. The number of rotatable bonds is 1. The molecule has 19 heavy (non-hydrogen) atoms. The fraction of sp³-hybridized carbons (Fsp3) is 0.667. The Balaban J connectivity index is 2.10. The molecule has 2 aliphatic rings. The quantitative estimate of drug-likeness (QED) is 0.703. The first kappa shape index (κ1) is 13.7. The van der Waals surface area contributed by atoms with Crippen LogP contribution >= 0.6 is 0 Å². The van der Waals surface area contributed by atoms with Gasteiger partial charge in [0.25, 0.3) is 0 Å². The molecule has 0 N–H and O–H groups in total. The van der Waals surface area contributed by atoms with Gasteiger partial charge in [0.1, 0.15) is 0 Å². The van der Waals surface area contributed by atoms with Crippen LogP contribution in [-0.4, -0.2) is 48.0 Å². The van der Waals surface area contributed by atoms with E-state index in [4.69, 9.17) is 0 Å². The van der Waals surface area contributed by atoms with Crippen LogP contribution in [0.25, 0.3) is 0 Å². The van der Waals surface area contributed by atoms with Gasteiger partial charge < -0.3 is 0 Å². The Labute approximate surface area is 119 Å². The van der Waals surface area contributed by atoms with Gasteiger partial charge in [-0.25, -0.2) is 0 Å². The van der Waals surface area contributed by atoms with Crippen LogP contribution < -0.4 is 9.14 Å². The first-order valence-electron chi connectivity index (χ1n) is 7.29. The zero-order chi connectivity index (χ0) is 13.8. The molecular weight excluding hydrogens is 343 g/mol. The van der Waals surface area contributed by atoms with E-state index in [0.29, 0.717) is 17.4 Å². The number of hydrogen-bond acceptors (Lipinski definition) is 2. The monoisotopic (exact) mass is 368 g/mol. The molecule has 3 rings (SSSR count). The number of fused-ring (bicyclic) bond motifs is 4.